The molecule has 4 heteroatoms. The van der Waals surface area contributed by atoms with Crippen molar-refractivity contribution >= 4 is 5.91 Å². The summed E-state index contributed by atoms with van der Waals surface area (Å²) in [5, 5.41) is 16.2. The third-order valence-corrected chi connectivity index (χ3v) is 3.49. The molecular formula is C17H28N2O2. The van der Waals surface area contributed by atoms with Crippen molar-refractivity contribution in [2.75, 3.05) is 19.6 Å². The lowest BCUT2D eigenvalue weighted by molar-refractivity contribution is -0.118. The van der Waals surface area contributed by atoms with Crippen molar-refractivity contribution in [3.63, 3.8) is 0 Å². The smallest absolute Gasteiger partial charge is 0.216 e. The molecule has 0 spiro atoms. The fourth-order valence-electron chi connectivity index (χ4n) is 2.11. The molecule has 1 rings (SSSR count). The lowest BCUT2D eigenvalue weighted by atomic mass is 9.99. The first-order chi connectivity index (χ1) is 10.0. The Balaban J connectivity index is 2.18. The van der Waals surface area contributed by atoms with Crippen LogP contribution in [-0.4, -0.2) is 30.6 Å². The van der Waals surface area contributed by atoms with Gasteiger partial charge in [0.15, 0.2) is 0 Å². The number of rotatable bonds is 9. The van der Waals surface area contributed by atoms with E-state index in [9.17, 15) is 9.90 Å². The number of hydrogen-bond acceptors (Lipinski definition) is 3. The molecule has 0 aliphatic carbocycles. The predicted octanol–water partition coefficient (Wildman–Crippen LogP) is 2.35. The number of carbonyl (C=O) groups is 1. The van der Waals surface area contributed by atoms with Gasteiger partial charge in [-0.05, 0) is 43.0 Å². The summed E-state index contributed by atoms with van der Waals surface area (Å²) in [6.07, 6.45) is 1.17. The van der Waals surface area contributed by atoms with Crippen LogP contribution in [-0.2, 0) is 4.79 Å². The number of hydrogen-bond donors (Lipinski definition) is 3. The SMILES string of the molecule is CC(=O)NCCCNCCC(O)c1ccc(C(C)C)cc1. The number of nitrogens with one attached hydrogen (secondary N) is 2. The number of amides is 1. The van der Waals surface area contributed by atoms with Gasteiger partial charge in [-0.3, -0.25) is 4.79 Å². The van der Waals surface area contributed by atoms with Crippen molar-refractivity contribution in [1.29, 1.82) is 0 Å². The van der Waals surface area contributed by atoms with Crippen molar-refractivity contribution in [1.82, 2.24) is 10.6 Å². The summed E-state index contributed by atoms with van der Waals surface area (Å²) in [5.41, 5.74) is 2.27. The van der Waals surface area contributed by atoms with Gasteiger partial charge in [0.05, 0.1) is 6.10 Å². The van der Waals surface area contributed by atoms with Gasteiger partial charge in [-0.1, -0.05) is 38.1 Å². The van der Waals surface area contributed by atoms with E-state index >= 15 is 0 Å². The summed E-state index contributed by atoms with van der Waals surface area (Å²) >= 11 is 0. The van der Waals surface area contributed by atoms with Crippen LogP contribution in [0.25, 0.3) is 0 Å². The van der Waals surface area contributed by atoms with E-state index in [1.165, 1.54) is 12.5 Å². The lowest BCUT2D eigenvalue weighted by Gasteiger charge is -2.13. The fourth-order valence-corrected chi connectivity index (χ4v) is 2.11. The maximum absolute atomic E-state index is 10.7. The van der Waals surface area contributed by atoms with Gasteiger partial charge >= 0.3 is 0 Å². The standard InChI is InChI=1S/C17H28N2O2/c1-13(2)15-5-7-16(8-6-15)17(21)9-12-18-10-4-11-19-14(3)20/h5-8,13,17-18,21H,4,9-12H2,1-3H3,(H,19,20). The Labute approximate surface area is 128 Å². The second kappa shape index (κ2) is 9.53. The largest absolute Gasteiger partial charge is 0.388 e. The molecule has 1 aromatic carbocycles. The predicted molar refractivity (Wildman–Crippen MR) is 86.3 cm³/mol. The Hall–Kier alpha value is -1.39. The van der Waals surface area contributed by atoms with Crippen molar-refractivity contribution in [3.8, 4) is 0 Å². The molecule has 0 saturated carbocycles. The van der Waals surface area contributed by atoms with Crippen LogP contribution in [0.1, 0.15) is 56.8 Å². The first kappa shape index (κ1) is 17.7. The quantitative estimate of drug-likeness (QED) is 0.612. The number of aliphatic hydroxyl groups is 1. The Bertz CT molecular complexity index is 415. The Morgan fingerprint density at radius 2 is 1.71 bits per heavy atom. The second-order valence-corrected chi connectivity index (χ2v) is 5.71. The molecule has 0 saturated heterocycles. The highest BCUT2D eigenvalue weighted by atomic mass is 16.3. The molecule has 118 valence electrons. The van der Waals surface area contributed by atoms with Gasteiger partial charge in [0.2, 0.25) is 5.91 Å². The molecular weight excluding hydrogens is 264 g/mol. The molecule has 1 atom stereocenters. The van der Waals surface area contributed by atoms with Crippen LogP contribution in [0.5, 0.6) is 0 Å². The average Bonchev–Trinajstić information content (AvgIpc) is 2.45. The van der Waals surface area contributed by atoms with E-state index in [0.717, 1.165) is 25.1 Å². The topological polar surface area (TPSA) is 61.4 Å². The van der Waals surface area contributed by atoms with Gasteiger partial charge in [0.25, 0.3) is 0 Å². The molecule has 0 heterocycles. The van der Waals surface area contributed by atoms with Crippen LogP contribution < -0.4 is 10.6 Å². The minimum Gasteiger partial charge on any atom is -0.388 e. The molecule has 3 N–H and O–H groups in total. The highest BCUT2D eigenvalue weighted by Gasteiger charge is 2.07. The summed E-state index contributed by atoms with van der Waals surface area (Å²) in [6, 6.07) is 8.20. The van der Waals surface area contributed by atoms with E-state index < -0.39 is 6.10 Å². The summed E-state index contributed by atoms with van der Waals surface area (Å²) in [4.78, 5) is 10.7. The highest BCUT2D eigenvalue weighted by Crippen LogP contribution is 2.20. The number of benzene rings is 1. The Kier molecular flexibility index (Phi) is 8.01. The van der Waals surface area contributed by atoms with E-state index in [1.54, 1.807) is 0 Å². The number of aliphatic hydroxyl groups excluding tert-OH is 1. The molecule has 21 heavy (non-hydrogen) atoms. The van der Waals surface area contributed by atoms with Crippen molar-refractivity contribution < 1.29 is 9.90 Å². The highest BCUT2D eigenvalue weighted by molar-refractivity contribution is 5.72. The molecule has 0 radical (unpaired) electrons. The van der Waals surface area contributed by atoms with E-state index in [1.807, 2.05) is 12.1 Å². The molecule has 0 aliphatic heterocycles. The van der Waals surface area contributed by atoms with Crippen molar-refractivity contribution in [2.24, 2.45) is 0 Å². The average molecular weight is 292 g/mol. The first-order valence-electron chi connectivity index (χ1n) is 7.73. The van der Waals surface area contributed by atoms with Gasteiger partial charge in [0, 0.05) is 13.5 Å². The molecule has 1 unspecified atom stereocenters. The Morgan fingerprint density at radius 3 is 2.29 bits per heavy atom. The zero-order chi connectivity index (χ0) is 15.7. The lowest BCUT2D eigenvalue weighted by Crippen LogP contribution is -2.26. The summed E-state index contributed by atoms with van der Waals surface area (Å²) in [6.45, 7) is 8.16. The maximum atomic E-state index is 10.7. The number of carbonyl (C=O) groups excluding carboxylic acids is 1. The molecule has 1 aromatic rings. The Morgan fingerprint density at radius 1 is 1.10 bits per heavy atom. The van der Waals surface area contributed by atoms with Crippen LogP contribution in [0, 0.1) is 0 Å². The monoisotopic (exact) mass is 292 g/mol. The molecule has 4 nitrogen and oxygen atoms in total. The minimum atomic E-state index is -0.422. The summed E-state index contributed by atoms with van der Waals surface area (Å²) < 4.78 is 0. The van der Waals surface area contributed by atoms with E-state index in [4.69, 9.17) is 0 Å². The second-order valence-electron chi connectivity index (χ2n) is 5.71. The third kappa shape index (κ3) is 7.25. The maximum Gasteiger partial charge on any atom is 0.216 e. The first-order valence-corrected chi connectivity index (χ1v) is 7.73. The fraction of sp³-hybridized carbons (Fsp3) is 0.588. The molecule has 0 fully saturated rings. The van der Waals surface area contributed by atoms with Crippen LogP contribution >= 0.6 is 0 Å². The van der Waals surface area contributed by atoms with Crippen LogP contribution in [0.3, 0.4) is 0 Å². The molecule has 0 aliphatic rings. The van der Waals surface area contributed by atoms with Crippen LogP contribution in [0.15, 0.2) is 24.3 Å². The van der Waals surface area contributed by atoms with Crippen molar-refractivity contribution in [2.45, 2.75) is 45.6 Å². The zero-order valence-electron chi connectivity index (χ0n) is 13.4. The molecule has 0 aromatic heterocycles. The van der Waals surface area contributed by atoms with Crippen LogP contribution in [0.2, 0.25) is 0 Å². The molecule has 0 bridgehead atoms. The van der Waals surface area contributed by atoms with Crippen molar-refractivity contribution in [3.05, 3.63) is 35.4 Å². The summed E-state index contributed by atoms with van der Waals surface area (Å²) in [7, 11) is 0. The molecule has 1 amide bonds. The normalized spacial score (nSPS) is 12.4. The van der Waals surface area contributed by atoms with E-state index in [-0.39, 0.29) is 5.91 Å². The van der Waals surface area contributed by atoms with Gasteiger partial charge in [-0.25, -0.2) is 0 Å². The van der Waals surface area contributed by atoms with Gasteiger partial charge in [-0.2, -0.15) is 0 Å². The van der Waals surface area contributed by atoms with E-state index in [0.29, 0.717) is 18.9 Å². The van der Waals surface area contributed by atoms with Crippen LogP contribution in [0.4, 0.5) is 0 Å². The third-order valence-electron chi connectivity index (χ3n) is 3.49. The van der Waals surface area contributed by atoms with Gasteiger partial charge in [-0.15, -0.1) is 0 Å². The van der Waals surface area contributed by atoms with Gasteiger partial charge < -0.3 is 15.7 Å². The van der Waals surface area contributed by atoms with E-state index in [2.05, 4.69) is 36.6 Å². The minimum absolute atomic E-state index is 0.00951. The zero-order valence-corrected chi connectivity index (χ0v) is 13.4. The van der Waals surface area contributed by atoms with Gasteiger partial charge in [0.1, 0.15) is 0 Å². The summed E-state index contributed by atoms with van der Waals surface area (Å²) in [5.74, 6) is 0.525.